The summed E-state index contributed by atoms with van der Waals surface area (Å²) in [5, 5.41) is 1.16. The second kappa shape index (κ2) is 2.18. The molecule has 0 fully saturated rings. The molecule has 0 radical (unpaired) electrons. The zero-order chi connectivity index (χ0) is 6.97. The van der Waals surface area contributed by atoms with Crippen molar-refractivity contribution in [3.8, 4) is 0 Å². The number of fused-ring (bicyclic) bond motifs is 1. The molecule has 2 aromatic rings. The first-order chi connectivity index (χ1) is 4.88. The molecule has 1 aromatic heterocycles. The maximum atomic E-state index is 5.04. The van der Waals surface area contributed by atoms with Crippen LogP contribution < -0.4 is 0 Å². The molecule has 0 atom stereocenters. The SMILES string of the molecule is S=c1[nH]sc2ccccc12. The van der Waals surface area contributed by atoms with Crippen LogP contribution in [0.5, 0.6) is 0 Å². The predicted octanol–water partition coefficient (Wildman–Crippen LogP) is 2.96. The molecule has 1 N–H and O–H groups in total. The Morgan fingerprint density at radius 2 is 2.10 bits per heavy atom. The molecule has 1 aromatic carbocycles. The van der Waals surface area contributed by atoms with Gasteiger partial charge in [-0.3, -0.25) is 0 Å². The molecule has 2 rings (SSSR count). The molecule has 0 saturated heterocycles. The highest BCUT2D eigenvalue weighted by Gasteiger charge is 1.93. The number of aromatic nitrogens is 1. The quantitative estimate of drug-likeness (QED) is 0.596. The fourth-order valence-electron chi connectivity index (χ4n) is 0.900. The van der Waals surface area contributed by atoms with Crippen LogP contribution in [-0.2, 0) is 0 Å². The molecule has 0 spiro atoms. The van der Waals surface area contributed by atoms with E-state index in [0.29, 0.717) is 0 Å². The van der Waals surface area contributed by atoms with Crippen molar-refractivity contribution >= 4 is 33.8 Å². The molecule has 50 valence electrons. The van der Waals surface area contributed by atoms with Crippen molar-refractivity contribution < 1.29 is 0 Å². The lowest BCUT2D eigenvalue weighted by Crippen LogP contribution is -1.59. The number of H-pyrrole nitrogens is 1. The molecule has 10 heavy (non-hydrogen) atoms. The zero-order valence-electron chi connectivity index (χ0n) is 5.13. The molecule has 0 saturated carbocycles. The van der Waals surface area contributed by atoms with E-state index in [9.17, 15) is 0 Å². The van der Waals surface area contributed by atoms with Crippen LogP contribution in [0.2, 0.25) is 0 Å². The molecule has 0 bridgehead atoms. The van der Waals surface area contributed by atoms with Gasteiger partial charge in [0.2, 0.25) is 0 Å². The molecular weight excluding hydrogens is 162 g/mol. The van der Waals surface area contributed by atoms with Crippen molar-refractivity contribution in [3.05, 3.63) is 28.9 Å². The number of rotatable bonds is 0. The van der Waals surface area contributed by atoms with Gasteiger partial charge in [0.15, 0.2) is 0 Å². The van der Waals surface area contributed by atoms with E-state index in [1.807, 2.05) is 18.2 Å². The van der Waals surface area contributed by atoms with Crippen LogP contribution in [0.25, 0.3) is 10.1 Å². The molecule has 0 aliphatic heterocycles. The summed E-state index contributed by atoms with van der Waals surface area (Å²) in [5.41, 5.74) is 0. The van der Waals surface area contributed by atoms with Crippen molar-refractivity contribution in [2.45, 2.75) is 0 Å². The van der Waals surface area contributed by atoms with E-state index in [2.05, 4.69) is 10.4 Å². The van der Waals surface area contributed by atoms with E-state index < -0.39 is 0 Å². The van der Waals surface area contributed by atoms with Gasteiger partial charge in [-0.25, -0.2) is 0 Å². The van der Waals surface area contributed by atoms with Crippen molar-refractivity contribution in [2.24, 2.45) is 0 Å². The second-order valence-electron chi connectivity index (χ2n) is 2.03. The van der Waals surface area contributed by atoms with Crippen LogP contribution >= 0.6 is 23.8 Å². The fourth-order valence-corrected chi connectivity index (χ4v) is 2.01. The van der Waals surface area contributed by atoms with Crippen molar-refractivity contribution in [2.75, 3.05) is 0 Å². The van der Waals surface area contributed by atoms with Crippen molar-refractivity contribution in [1.29, 1.82) is 0 Å². The van der Waals surface area contributed by atoms with Gasteiger partial charge in [-0.2, -0.15) is 0 Å². The molecule has 0 unspecified atom stereocenters. The van der Waals surface area contributed by atoms with Gasteiger partial charge >= 0.3 is 0 Å². The van der Waals surface area contributed by atoms with E-state index in [1.165, 1.54) is 4.70 Å². The summed E-state index contributed by atoms with van der Waals surface area (Å²) < 4.78 is 5.11. The maximum Gasteiger partial charge on any atom is 0.121 e. The van der Waals surface area contributed by atoms with Crippen LogP contribution in [0.15, 0.2) is 24.3 Å². The number of aromatic amines is 1. The average molecular weight is 167 g/mol. The summed E-state index contributed by atoms with van der Waals surface area (Å²) in [6.45, 7) is 0. The maximum absolute atomic E-state index is 5.04. The van der Waals surface area contributed by atoms with Gasteiger partial charge < -0.3 is 4.37 Å². The van der Waals surface area contributed by atoms with E-state index in [4.69, 9.17) is 12.2 Å². The zero-order valence-corrected chi connectivity index (χ0v) is 6.76. The Morgan fingerprint density at radius 1 is 1.30 bits per heavy atom. The minimum atomic E-state index is 0.848. The van der Waals surface area contributed by atoms with Gasteiger partial charge in [-0.15, -0.1) is 0 Å². The monoisotopic (exact) mass is 167 g/mol. The summed E-state index contributed by atoms with van der Waals surface area (Å²) in [5.74, 6) is 0. The first-order valence-corrected chi connectivity index (χ1v) is 4.16. The Balaban J connectivity index is 3.07. The van der Waals surface area contributed by atoms with Gasteiger partial charge in [0, 0.05) is 5.39 Å². The Morgan fingerprint density at radius 3 is 2.90 bits per heavy atom. The number of benzene rings is 1. The van der Waals surface area contributed by atoms with Crippen LogP contribution in [0.4, 0.5) is 0 Å². The number of hydrogen-bond acceptors (Lipinski definition) is 2. The van der Waals surface area contributed by atoms with Crippen molar-refractivity contribution in [3.63, 3.8) is 0 Å². The fraction of sp³-hybridized carbons (Fsp3) is 0. The average Bonchev–Trinajstić information content (AvgIpc) is 2.34. The van der Waals surface area contributed by atoms with E-state index >= 15 is 0 Å². The smallest absolute Gasteiger partial charge is 0.121 e. The van der Waals surface area contributed by atoms with Gasteiger partial charge in [-0.1, -0.05) is 41.9 Å². The minimum absolute atomic E-state index is 0.848. The van der Waals surface area contributed by atoms with Crippen LogP contribution in [0, 0.1) is 4.64 Å². The summed E-state index contributed by atoms with van der Waals surface area (Å²) in [6.07, 6.45) is 0. The van der Waals surface area contributed by atoms with Gasteiger partial charge in [-0.05, 0) is 6.07 Å². The van der Waals surface area contributed by atoms with Gasteiger partial charge in [0.05, 0.1) is 4.70 Å². The Hall–Kier alpha value is -0.670. The van der Waals surface area contributed by atoms with Crippen LogP contribution in [-0.4, -0.2) is 4.37 Å². The number of nitrogens with one attached hydrogen (secondary N) is 1. The highest BCUT2D eigenvalue weighted by molar-refractivity contribution is 7.71. The van der Waals surface area contributed by atoms with E-state index in [0.717, 1.165) is 10.0 Å². The third kappa shape index (κ3) is 0.786. The number of hydrogen-bond donors (Lipinski definition) is 1. The highest BCUT2D eigenvalue weighted by Crippen LogP contribution is 2.18. The second-order valence-corrected chi connectivity index (χ2v) is 3.29. The van der Waals surface area contributed by atoms with Gasteiger partial charge in [0.1, 0.15) is 4.64 Å². The Kier molecular flexibility index (Phi) is 1.32. The summed E-state index contributed by atoms with van der Waals surface area (Å²) >= 11 is 6.63. The van der Waals surface area contributed by atoms with Gasteiger partial charge in [0.25, 0.3) is 0 Å². The Labute approximate surface area is 67.5 Å². The third-order valence-corrected chi connectivity index (χ3v) is 2.72. The summed E-state index contributed by atoms with van der Waals surface area (Å²) in [7, 11) is 0. The lowest BCUT2D eigenvalue weighted by molar-refractivity contribution is 1.56. The lowest BCUT2D eigenvalue weighted by Gasteiger charge is -1.81. The molecule has 0 amide bonds. The van der Waals surface area contributed by atoms with Crippen LogP contribution in [0.1, 0.15) is 0 Å². The third-order valence-electron chi connectivity index (χ3n) is 1.39. The van der Waals surface area contributed by atoms with Crippen molar-refractivity contribution in [1.82, 2.24) is 4.37 Å². The minimum Gasteiger partial charge on any atom is -0.301 e. The first kappa shape index (κ1) is 6.07. The summed E-state index contributed by atoms with van der Waals surface area (Å²) in [6, 6.07) is 8.11. The lowest BCUT2D eigenvalue weighted by atomic mass is 10.3. The van der Waals surface area contributed by atoms with Crippen LogP contribution in [0.3, 0.4) is 0 Å². The van der Waals surface area contributed by atoms with E-state index in [-0.39, 0.29) is 0 Å². The largest absolute Gasteiger partial charge is 0.301 e. The predicted molar refractivity (Wildman–Crippen MR) is 47.0 cm³/mol. The first-order valence-electron chi connectivity index (χ1n) is 2.94. The normalized spacial score (nSPS) is 10.4. The van der Waals surface area contributed by atoms with E-state index in [1.54, 1.807) is 11.5 Å². The standard InChI is InChI=1S/C7H5NS2/c9-7-5-3-1-2-4-6(5)10-8-7/h1-4H,(H,8,9). The molecule has 0 aliphatic rings. The highest BCUT2D eigenvalue weighted by atomic mass is 32.1. The molecule has 1 nitrogen and oxygen atoms in total. The topological polar surface area (TPSA) is 15.8 Å². The molecule has 0 aliphatic carbocycles. The molecule has 1 heterocycles. The molecular formula is C7H5NS2. The Bertz CT molecular complexity index is 399. The molecule has 3 heteroatoms. The summed E-state index contributed by atoms with van der Waals surface area (Å²) in [4.78, 5) is 0.